The number of nitrogens with one attached hydrogen (secondary N) is 1. The van der Waals surface area contributed by atoms with Crippen LogP contribution in [0, 0.1) is 0 Å². The number of rotatable bonds is 4. The molecule has 0 aliphatic carbocycles. The highest BCUT2D eigenvalue weighted by molar-refractivity contribution is 5.92. The minimum atomic E-state index is -4.63. The van der Waals surface area contributed by atoms with E-state index in [-0.39, 0.29) is 17.7 Å². The van der Waals surface area contributed by atoms with Crippen LogP contribution in [0.3, 0.4) is 0 Å². The van der Waals surface area contributed by atoms with Crippen LogP contribution in [0.2, 0.25) is 0 Å². The fourth-order valence-electron chi connectivity index (χ4n) is 2.68. The van der Waals surface area contributed by atoms with E-state index >= 15 is 0 Å². The van der Waals surface area contributed by atoms with Gasteiger partial charge in [0.15, 0.2) is 5.69 Å². The lowest BCUT2D eigenvalue weighted by atomic mass is 10.3. The summed E-state index contributed by atoms with van der Waals surface area (Å²) in [6, 6.07) is -0.00221. The largest absolute Gasteiger partial charge is 0.435 e. The molecule has 0 saturated carbocycles. The molecular formula is C15H19F3N6O3. The first-order valence-electron chi connectivity index (χ1n) is 8.27. The second kappa shape index (κ2) is 7.18. The van der Waals surface area contributed by atoms with E-state index < -0.39 is 23.8 Å². The Bertz CT molecular complexity index is 818. The third-order valence-electron chi connectivity index (χ3n) is 4.08. The van der Waals surface area contributed by atoms with Crippen LogP contribution in [0.1, 0.15) is 42.0 Å². The first kappa shape index (κ1) is 19.1. The molecule has 0 unspecified atom stereocenters. The van der Waals surface area contributed by atoms with Gasteiger partial charge in [-0.1, -0.05) is 0 Å². The fourth-order valence-corrected chi connectivity index (χ4v) is 2.68. The lowest BCUT2D eigenvalue weighted by Gasteiger charge is -2.29. The van der Waals surface area contributed by atoms with Gasteiger partial charge >= 0.3 is 6.18 Å². The number of aromatic nitrogens is 4. The van der Waals surface area contributed by atoms with E-state index in [0.717, 1.165) is 4.68 Å². The van der Waals surface area contributed by atoms with Gasteiger partial charge in [0.05, 0.1) is 12.7 Å². The lowest BCUT2D eigenvalue weighted by molar-refractivity contribution is -0.141. The zero-order valence-electron chi connectivity index (χ0n) is 14.9. The van der Waals surface area contributed by atoms with Crippen LogP contribution in [-0.4, -0.2) is 51.6 Å². The Labute approximate surface area is 152 Å². The van der Waals surface area contributed by atoms with Crippen LogP contribution >= 0.6 is 0 Å². The number of carbonyl (C=O) groups excluding carboxylic acids is 1. The Balaban J connectivity index is 1.68. The number of amides is 1. The van der Waals surface area contributed by atoms with Crippen LogP contribution in [0.4, 0.5) is 19.1 Å². The van der Waals surface area contributed by atoms with Crippen LogP contribution in [0.15, 0.2) is 10.6 Å². The second-order valence-corrected chi connectivity index (χ2v) is 6.29. The van der Waals surface area contributed by atoms with E-state index in [2.05, 4.69) is 20.6 Å². The summed E-state index contributed by atoms with van der Waals surface area (Å²) in [6.45, 7) is 5.28. The van der Waals surface area contributed by atoms with E-state index in [1.807, 2.05) is 11.8 Å². The normalized spacial score (nSPS) is 19.2. The summed E-state index contributed by atoms with van der Waals surface area (Å²) in [4.78, 5) is 18.4. The number of morpholine rings is 1. The van der Waals surface area contributed by atoms with Gasteiger partial charge < -0.3 is 19.5 Å². The predicted molar refractivity (Wildman–Crippen MR) is 86.0 cm³/mol. The van der Waals surface area contributed by atoms with E-state index in [1.54, 1.807) is 6.92 Å². The predicted octanol–water partition coefficient (Wildman–Crippen LogP) is 1.54. The highest BCUT2D eigenvalue weighted by atomic mass is 19.4. The van der Waals surface area contributed by atoms with Crippen molar-refractivity contribution in [3.8, 4) is 0 Å². The zero-order chi connectivity index (χ0) is 19.8. The van der Waals surface area contributed by atoms with Crippen LogP contribution in [-0.2, 0) is 18.0 Å². The summed E-state index contributed by atoms with van der Waals surface area (Å²) in [7, 11) is 1.26. The van der Waals surface area contributed by atoms with E-state index in [9.17, 15) is 18.0 Å². The first-order chi connectivity index (χ1) is 12.6. The number of hydrogen-bond acceptors (Lipinski definition) is 7. The van der Waals surface area contributed by atoms with Gasteiger partial charge in [0.25, 0.3) is 17.7 Å². The van der Waals surface area contributed by atoms with Gasteiger partial charge in [-0.3, -0.25) is 9.48 Å². The molecule has 148 valence electrons. The third kappa shape index (κ3) is 4.21. The Hall–Kier alpha value is -2.63. The fraction of sp³-hybridized carbons (Fsp3) is 0.600. The summed E-state index contributed by atoms with van der Waals surface area (Å²) in [5.74, 6) is -0.204. The number of carbonyl (C=O) groups is 1. The van der Waals surface area contributed by atoms with Gasteiger partial charge in [0.2, 0.25) is 0 Å². The SMILES string of the molecule is C[C@H](NC(=O)c1cc(C(F)(F)F)nn1C)c1nc(N2CCO[C@@H](C)C2)no1. The average Bonchev–Trinajstić information content (AvgIpc) is 3.21. The van der Waals surface area contributed by atoms with Crippen molar-refractivity contribution in [2.75, 3.05) is 24.6 Å². The maximum atomic E-state index is 12.7. The number of nitrogens with zero attached hydrogens (tertiary/aromatic N) is 5. The molecule has 2 aromatic heterocycles. The summed E-state index contributed by atoms with van der Waals surface area (Å²) >= 11 is 0. The van der Waals surface area contributed by atoms with Crippen molar-refractivity contribution >= 4 is 11.9 Å². The van der Waals surface area contributed by atoms with Crippen molar-refractivity contribution in [1.82, 2.24) is 25.2 Å². The zero-order valence-corrected chi connectivity index (χ0v) is 14.9. The maximum absolute atomic E-state index is 12.7. The van der Waals surface area contributed by atoms with Crippen molar-refractivity contribution < 1.29 is 27.2 Å². The molecule has 3 rings (SSSR count). The topological polar surface area (TPSA) is 98.3 Å². The molecule has 1 N–H and O–H groups in total. The van der Waals surface area contributed by atoms with Crippen molar-refractivity contribution in [1.29, 1.82) is 0 Å². The molecule has 27 heavy (non-hydrogen) atoms. The minimum absolute atomic E-state index is 0.0329. The highest BCUT2D eigenvalue weighted by Gasteiger charge is 2.35. The number of hydrogen-bond donors (Lipinski definition) is 1. The Morgan fingerprint density at radius 2 is 2.19 bits per heavy atom. The van der Waals surface area contributed by atoms with Crippen LogP contribution < -0.4 is 10.2 Å². The lowest BCUT2D eigenvalue weighted by Crippen LogP contribution is -2.41. The molecular weight excluding hydrogens is 369 g/mol. The van der Waals surface area contributed by atoms with Crippen molar-refractivity contribution in [2.45, 2.75) is 32.2 Å². The number of alkyl halides is 3. The summed E-state index contributed by atoms with van der Waals surface area (Å²) in [6.07, 6.45) is -4.59. The monoisotopic (exact) mass is 388 g/mol. The number of ether oxygens (including phenoxy) is 1. The Kier molecular flexibility index (Phi) is 5.09. The van der Waals surface area contributed by atoms with Crippen molar-refractivity contribution in [3.05, 3.63) is 23.3 Å². The minimum Gasteiger partial charge on any atom is -0.375 e. The first-order valence-corrected chi connectivity index (χ1v) is 8.27. The standard InChI is InChI=1S/C15H19F3N6O3/c1-8-7-24(4-5-26-8)14-20-13(27-22-14)9(2)19-12(25)10-6-11(15(16,17)18)21-23(10)3/h6,8-9H,4-5,7H2,1-3H3,(H,19,25)/t8-,9-/m0/s1. The molecule has 12 heteroatoms. The second-order valence-electron chi connectivity index (χ2n) is 6.29. The molecule has 1 saturated heterocycles. The third-order valence-corrected chi connectivity index (χ3v) is 4.08. The van der Waals surface area contributed by atoms with Crippen LogP contribution in [0.25, 0.3) is 0 Å². The van der Waals surface area contributed by atoms with Gasteiger partial charge in [-0.25, -0.2) is 0 Å². The summed E-state index contributed by atoms with van der Waals surface area (Å²) < 4.78 is 49.7. The van der Waals surface area contributed by atoms with Crippen molar-refractivity contribution in [2.24, 2.45) is 7.05 Å². The van der Waals surface area contributed by atoms with Gasteiger partial charge in [-0.2, -0.15) is 23.3 Å². The molecule has 1 amide bonds. The summed E-state index contributed by atoms with van der Waals surface area (Å²) in [5, 5.41) is 9.75. The average molecular weight is 388 g/mol. The van der Waals surface area contributed by atoms with Crippen LogP contribution in [0.5, 0.6) is 0 Å². The van der Waals surface area contributed by atoms with Gasteiger partial charge in [-0.05, 0) is 19.0 Å². The maximum Gasteiger partial charge on any atom is 0.435 e. The Morgan fingerprint density at radius 3 is 2.81 bits per heavy atom. The molecule has 0 aromatic carbocycles. The molecule has 2 atom stereocenters. The molecule has 1 aliphatic rings. The molecule has 0 spiro atoms. The highest BCUT2D eigenvalue weighted by Crippen LogP contribution is 2.28. The van der Waals surface area contributed by atoms with E-state index in [1.165, 1.54) is 7.05 Å². The van der Waals surface area contributed by atoms with Gasteiger partial charge in [0, 0.05) is 26.2 Å². The molecule has 0 bridgehead atoms. The number of halogens is 3. The molecule has 0 radical (unpaired) electrons. The summed E-state index contributed by atoms with van der Waals surface area (Å²) in [5.41, 5.74) is -1.36. The number of aryl methyl sites for hydroxylation is 1. The smallest absolute Gasteiger partial charge is 0.375 e. The Morgan fingerprint density at radius 1 is 1.44 bits per heavy atom. The van der Waals surface area contributed by atoms with E-state index in [4.69, 9.17) is 9.26 Å². The number of anilines is 1. The quantitative estimate of drug-likeness (QED) is 0.848. The molecule has 9 nitrogen and oxygen atoms in total. The molecule has 1 aliphatic heterocycles. The molecule has 3 heterocycles. The molecule has 1 fully saturated rings. The van der Waals surface area contributed by atoms with Gasteiger partial charge in [0.1, 0.15) is 11.7 Å². The van der Waals surface area contributed by atoms with E-state index in [0.29, 0.717) is 31.7 Å². The van der Waals surface area contributed by atoms with Crippen molar-refractivity contribution in [3.63, 3.8) is 0 Å². The van der Waals surface area contributed by atoms with Gasteiger partial charge in [-0.15, -0.1) is 0 Å². The molecule has 2 aromatic rings.